The standard InChI is InChI=1S/C15H30N2O/c1-5-16-12(4)10-15(18)17-14-9-7-6-8-13(14)11(2)3/h11-14,16H,5-10H2,1-4H3,(H,17,18). The van der Waals surface area contributed by atoms with Gasteiger partial charge in [0.05, 0.1) is 0 Å². The fraction of sp³-hybridized carbons (Fsp3) is 0.933. The summed E-state index contributed by atoms with van der Waals surface area (Å²) in [5.41, 5.74) is 0. The molecule has 2 N–H and O–H groups in total. The molecule has 1 aliphatic carbocycles. The lowest BCUT2D eigenvalue weighted by molar-refractivity contribution is -0.123. The van der Waals surface area contributed by atoms with E-state index in [1.54, 1.807) is 0 Å². The van der Waals surface area contributed by atoms with Gasteiger partial charge in [-0.05, 0) is 38.1 Å². The SMILES string of the molecule is CCNC(C)CC(=O)NC1CCCCC1C(C)C. The molecule has 1 rings (SSSR count). The molecule has 106 valence electrons. The Morgan fingerprint density at radius 1 is 1.22 bits per heavy atom. The van der Waals surface area contributed by atoms with E-state index < -0.39 is 0 Å². The Labute approximate surface area is 112 Å². The topological polar surface area (TPSA) is 41.1 Å². The largest absolute Gasteiger partial charge is 0.353 e. The zero-order valence-corrected chi connectivity index (χ0v) is 12.5. The number of hydrogen-bond acceptors (Lipinski definition) is 2. The Morgan fingerprint density at radius 2 is 1.89 bits per heavy atom. The molecule has 0 bridgehead atoms. The zero-order valence-electron chi connectivity index (χ0n) is 12.5. The van der Waals surface area contributed by atoms with Gasteiger partial charge in [0.1, 0.15) is 0 Å². The minimum Gasteiger partial charge on any atom is -0.353 e. The molecule has 0 aromatic carbocycles. The summed E-state index contributed by atoms with van der Waals surface area (Å²) in [6.07, 6.45) is 5.60. The van der Waals surface area contributed by atoms with Gasteiger partial charge >= 0.3 is 0 Å². The van der Waals surface area contributed by atoms with Crippen molar-refractivity contribution in [1.82, 2.24) is 10.6 Å². The summed E-state index contributed by atoms with van der Waals surface area (Å²) in [6.45, 7) is 9.62. The molecule has 0 radical (unpaired) electrons. The van der Waals surface area contributed by atoms with E-state index in [2.05, 4.69) is 38.3 Å². The summed E-state index contributed by atoms with van der Waals surface area (Å²) >= 11 is 0. The van der Waals surface area contributed by atoms with E-state index in [0.29, 0.717) is 24.3 Å². The first-order valence-corrected chi connectivity index (χ1v) is 7.57. The first-order valence-electron chi connectivity index (χ1n) is 7.57. The summed E-state index contributed by atoms with van der Waals surface area (Å²) in [5, 5.41) is 6.55. The van der Waals surface area contributed by atoms with Crippen LogP contribution in [0.2, 0.25) is 0 Å². The molecular weight excluding hydrogens is 224 g/mol. The van der Waals surface area contributed by atoms with Crippen LogP contribution in [0.15, 0.2) is 0 Å². The van der Waals surface area contributed by atoms with Crippen molar-refractivity contribution in [3.63, 3.8) is 0 Å². The lowest BCUT2D eigenvalue weighted by Gasteiger charge is -2.35. The minimum absolute atomic E-state index is 0.209. The average molecular weight is 254 g/mol. The Balaban J connectivity index is 2.41. The molecule has 18 heavy (non-hydrogen) atoms. The highest BCUT2D eigenvalue weighted by Gasteiger charge is 2.28. The molecule has 3 atom stereocenters. The van der Waals surface area contributed by atoms with E-state index in [-0.39, 0.29) is 11.9 Å². The highest BCUT2D eigenvalue weighted by molar-refractivity contribution is 5.76. The molecule has 0 aliphatic heterocycles. The van der Waals surface area contributed by atoms with Gasteiger partial charge in [0.2, 0.25) is 5.91 Å². The predicted octanol–water partition coefficient (Wildman–Crippen LogP) is 2.71. The van der Waals surface area contributed by atoms with Crippen LogP contribution in [0.25, 0.3) is 0 Å². The van der Waals surface area contributed by atoms with Gasteiger partial charge in [-0.1, -0.05) is 33.6 Å². The van der Waals surface area contributed by atoms with Crippen LogP contribution in [0.4, 0.5) is 0 Å². The van der Waals surface area contributed by atoms with Gasteiger partial charge in [-0.25, -0.2) is 0 Å². The van der Waals surface area contributed by atoms with Gasteiger partial charge in [-0.3, -0.25) is 4.79 Å². The normalized spacial score (nSPS) is 26.1. The Hall–Kier alpha value is -0.570. The summed E-state index contributed by atoms with van der Waals surface area (Å²) in [4.78, 5) is 12.0. The van der Waals surface area contributed by atoms with Crippen molar-refractivity contribution in [2.45, 2.75) is 71.9 Å². The van der Waals surface area contributed by atoms with Gasteiger partial charge < -0.3 is 10.6 Å². The molecular formula is C15H30N2O. The molecule has 0 aromatic heterocycles. The van der Waals surface area contributed by atoms with Crippen LogP contribution in [0, 0.1) is 11.8 Å². The van der Waals surface area contributed by atoms with Crippen molar-refractivity contribution in [3.8, 4) is 0 Å². The van der Waals surface area contributed by atoms with Crippen LogP contribution >= 0.6 is 0 Å². The molecule has 1 saturated carbocycles. The lowest BCUT2D eigenvalue weighted by Crippen LogP contribution is -2.45. The summed E-state index contributed by atoms with van der Waals surface area (Å²) in [7, 11) is 0. The fourth-order valence-electron chi connectivity index (χ4n) is 3.10. The highest BCUT2D eigenvalue weighted by atomic mass is 16.1. The minimum atomic E-state index is 0.209. The highest BCUT2D eigenvalue weighted by Crippen LogP contribution is 2.30. The number of hydrogen-bond donors (Lipinski definition) is 2. The van der Waals surface area contributed by atoms with E-state index in [1.165, 1.54) is 19.3 Å². The van der Waals surface area contributed by atoms with Crippen molar-refractivity contribution >= 4 is 5.91 Å². The number of nitrogens with one attached hydrogen (secondary N) is 2. The van der Waals surface area contributed by atoms with Crippen molar-refractivity contribution in [2.75, 3.05) is 6.54 Å². The van der Waals surface area contributed by atoms with Crippen molar-refractivity contribution in [2.24, 2.45) is 11.8 Å². The third kappa shape index (κ3) is 4.97. The van der Waals surface area contributed by atoms with Crippen LogP contribution in [-0.2, 0) is 4.79 Å². The number of rotatable bonds is 6. The van der Waals surface area contributed by atoms with E-state index in [9.17, 15) is 4.79 Å². The molecule has 3 nitrogen and oxygen atoms in total. The van der Waals surface area contributed by atoms with E-state index >= 15 is 0 Å². The summed E-state index contributed by atoms with van der Waals surface area (Å²) in [6, 6.07) is 0.677. The third-order valence-electron chi connectivity index (χ3n) is 4.07. The van der Waals surface area contributed by atoms with Crippen LogP contribution in [0.1, 0.15) is 59.8 Å². The third-order valence-corrected chi connectivity index (χ3v) is 4.07. The number of amides is 1. The molecule has 1 amide bonds. The Bertz CT molecular complexity index is 253. The second kappa shape index (κ2) is 7.78. The quantitative estimate of drug-likeness (QED) is 0.765. The van der Waals surface area contributed by atoms with Crippen LogP contribution in [-0.4, -0.2) is 24.5 Å². The summed E-state index contributed by atoms with van der Waals surface area (Å²) in [5.74, 6) is 1.54. The van der Waals surface area contributed by atoms with Crippen molar-refractivity contribution in [3.05, 3.63) is 0 Å². The maximum Gasteiger partial charge on any atom is 0.221 e. The van der Waals surface area contributed by atoms with Crippen LogP contribution < -0.4 is 10.6 Å². The zero-order chi connectivity index (χ0) is 13.5. The second-order valence-electron chi connectivity index (χ2n) is 6.03. The Kier molecular flexibility index (Phi) is 6.69. The van der Waals surface area contributed by atoms with Crippen LogP contribution in [0.5, 0.6) is 0 Å². The fourth-order valence-corrected chi connectivity index (χ4v) is 3.10. The van der Waals surface area contributed by atoms with E-state index in [4.69, 9.17) is 0 Å². The van der Waals surface area contributed by atoms with Gasteiger partial charge in [-0.15, -0.1) is 0 Å². The molecule has 1 aliphatic rings. The van der Waals surface area contributed by atoms with Gasteiger partial charge in [0.25, 0.3) is 0 Å². The number of carbonyl (C=O) groups excluding carboxylic acids is 1. The van der Waals surface area contributed by atoms with E-state index in [1.807, 2.05) is 0 Å². The first-order chi connectivity index (χ1) is 8.54. The average Bonchev–Trinajstić information content (AvgIpc) is 2.29. The van der Waals surface area contributed by atoms with Crippen LogP contribution in [0.3, 0.4) is 0 Å². The molecule has 3 unspecified atom stereocenters. The maximum atomic E-state index is 12.0. The van der Waals surface area contributed by atoms with Crippen molar-refractivity contribution in [1.29, 1.82) is 0 Å². The van der Waals surface area contributed by atoms with Gasteiger partial charge in [-0.2, -0.15) is 0 Å². The molecule has 3 heteroatoms. The second-order valence-corrected chi connectivity index (χ2v) is 6.03. The number of carbonyl (C=O) groups is 1. The van der Waals surface area contributed by atoms with Crippen molar-refractivity contribution < 1.29 is 4.79 Å². The monoisotopic (exact) mass is 254 g/mol. The summed E-state index contributed by atoms with van der Waals surface area (Å²) < 4.78 is 0. The molecule has 0 aromatic rings. The molecule has 0 saturated heterocycles. The van der Waals surface area contributed by atoms with E-state index in [0.717, 1.165) is 13.0 Å². The molecule has 0 heterocycles. The lowest BCUT2D eigenvalue weighted by atomic mass is 9.78. The predicted molar refractivity (Wildman–Crippen MR) is 76.5 cm³/mol. The molecule has 1 fully saturated rings. The van der Waals surface area contributed by atoms with Gasteiger partial charge in [0.15, 0.2) is 0 Å². The first kappa shape index (κ1) is 15.5. The van der Waals surface area contributed by atoms with Gasteiger partial charge in [0, 0.05) is 18.5 Å². The molecule has 0 spiro atoms. The Morgan fingerprint density at radius 3 is 2.50 bits per heavy atom. The smallest absolute Gasteiger partial charge is 0.221 e. The maximum absolute atomic E-state index is 12.0.